The van der Waals surface area contributed by atoms with Gasteiger partial charge in [0.05, 0.1) is 0 Å². The van der Waals surface area contributed by atoms with Crippen molar-refractivity contribution in [3.63, 3.8) is 0 Å². The molecule has 1 heterocycles. The standard InChI is InChI=1S/C16H17N3/c1-13-5-3-4-6-15(13)12-19(2)11-14-7-8-18-16(9-14)10-17/h3-9H,11-12H2,1-2H3. The van der Waals surface area contributed by atoms with E-state index in [1.807, 2.05) is 12.1 Å². The van der Waals surface area contributed by atoms with Crippen LogP contribution in [0.1, 0.15) is 22.4 Å². The Morgan fingerprint density at radius 2 is 2.00 bits per heavy atom. The summed E-state index contributed by atoms with van der Waals surface area (Å²) in [4.78, 5) is 6.22. The van der Waals surface area contributed by atoms with Crippen LogP contribution in [0.25, 0.3) is 0 Å². The molecule has 0 radical (unpaired) electrons. The van der Waals surface area contributed by atoms with Crippen molar-refractivity contribution in [1.82, 2.24) is 9.88 Å². The van der Waals surface area contributed by atoms with Crippen LogP contribution in [0.5, 0.6) is 0 Å². The molecule has 96 valence electrons. The Kier molecular flexibility index (Phi) is 4.27. The summed E-state index contributed by atoms with van der Waals surface area (Å²) < 4.78 is 0. The van der Waals surface area contributed by atoms with Gasteiger partial charge in [-0.25, -0.2) is 4.98 Å². The fourth-order valence-corrected chi connectivity index (χ4v) is 2.08. The quantitative estimate of drug-likeness (QED) is 0.838. The first-order chi connectivity index (χ1) is 9.19. The SMILES string of the molecule is Cc1ccccc1CN(C)Cc1ccnc(C#N)c1. The topological polar surface area (TPSA) is 39.9 Å². The maximum Gasteiger partial charge on any atom is 0.140 e. The maximum atomic E-state index is 8.84. The molecular weight excluding hydrogens is 234 g/mol. The average Bonchev–Trinajstić information content (AvgIpc) is 2.41. The van der Waals surface area contributed by atoms with Gasteiger partial charge < -0.3 is 0 Å². The van der Waals surface area contributed by atoms with E-state index in [-0.39, 0.29) is 0 Å². The van der Waals surface area contributed by atoms with Crippen LogP contribution < -0.4 is 0 Å². The van der Waals surface area contributed by atoms with Crippen molar-refractivity contribution in [2.75, 3.05) is 7.05 Å². The van der Waals surface area contributed by atoms with Gasteiger partial charge in [0.2, 0.25) is 0 Å². The molecule has 3 nitrogen and oxygen atoms in total. The Bertz CT molecular complexity index is 599. The van der Waals surface area contributed by atoms with Crippen LogP contribution in [0.4, 0.5) is 0 Å². The number of aromatic nitrogens is 1. The van der Waals surface area contributed by atoms with Crippen LogP contribution in [0.2, 0.25) is 0 Å². The molecule has 19 heavy (non-hydrogen) atoms. The van der Waals surface area contributed by atoms with Gasteiger partial charge in [0.15, 0.2) is 0 Å². The van der Waals surface area contributed by atoms with E-state index < -0.39 is 0 Å². The maximum absolute atomic E-state index is 8.84. The molecular formula is C16H17N3. The minimum atomic E-state index is 0.474. The third-order valence-corrected chi connectivity index (χ3v) is 3.09. The van der Waals surface area contributed by atoms with Crippen LogP contribution >= 0.6 is 0 Å². The molecule has 0 bridgehead atoms. The molecule has 0 saturated carbocycles. The lowest BCUT2D eigenvalue weighted by atomic mass is 10.1. The number of rotatable bonds is 4. The third kappa shape index (κ3) is 3.64. The second kappa shape index (κ2) is 6.12. The van der Waals surface area contributed by atoms with Crippen LogP contribution in [-0.4, -0.2) is 16.9 Å². The molecule has 0 fully saturated rings. The molecule has 0 amide bonds. The van der Waals surface area contributed by atoms with Crippen molar-refractivity contribution in [2.24, 2.45) is 0 Å². The fourth-order valence-electron chi connectivity index (χ4n) is 2.08. The molecule has 0 aliphatic heterocycles. The van der Waals surface area contributed by atoms with Crippen LogP contribution in [0, 0.1) is 18.3 Å². The van der Waals surface area contributed by atoms with Gasteiger partial charge in [0, 0.05) is 19.3 Å². The molecule has 1 aromatic carbocycles. The number of nitriles is 1. The zero-order valence-corrected chi connectivity index (χ0v) is 11.3. The van der Waals surface area contributed by atoms with Crippen molar-refractivity contribution >= 4 is 0 Å². The van der Waals surface area contributed by atoms with Gasteiger partial charge in [0.1, 0.15) is 11.8 Å². The van der Waals surface area contributed by atoms with E-state index in [0.717, 1.165) is 18.7 Å². The Hall–Kier alpha value is -2.18. The van der Waals surface area contributed by atoms with Crippen molar-refractivity contribution < 1.29 is 0 Å². The molecule has 2 rings (SSSR count). The number of pyridine rings is 1. The second-order valence-corrected chi connectivity index (χ2v) is 4.76. The van der Waals surface area contributed by atoms with Crippen LogP contribution in [0.3, 0.4) is 0 Å². The summed E-state index contributed by atoms with van der Waals surface area (Å²) in [6.07, 6.45) is 1.69. The van der Waals surface area contributed by atoms with E-state index in [9.17, 15) is 0 Å². The number of aryl methyl sites for hydroxylation is 1. The van der Waals surface area contributed by atoms with Gasteiger partial charge in [-0.1, -0.05) is 24.3 Å². The van der Waals surface area contributed by atoms with E-state index in [0.29, 0.717) is 5.69 Å². The van der Waals surface area contributed by atoms with Gasteiger partial charge in [-0.05, 0) is 42.8 Å². The predicted molar refractivity (Wildman–Crippen MR) is 75.3 cm³/mol. The molecule has 0 aliphatic carbocycles. The minimum Gasteiger partial charge on any atom is -0.298 e. The lowest BCUT2D eigenvalue weighted by Crippen LogP contribution is -2.17. The second-order valence-electron chi connectivity index (χ2n) is 4.76. The summed E-state index contributed by atoms with van der Waals surface area (Å²) in [5.41, 5.74) is 4.23. The Labute approximate surface area is 114 Å². The molecule has 1 aromatic heterocycles. The largest absolute Gasteiger partial charge is 0.298 e. The zero-order chi connectivity index (χ0) is 13.7. The normalized spacial score (nSPS) is 10.4. The molecule has 0 spiro atoms. The third-order valence-electron chi connectivity index (χ3n) is 3.09. The molecule has 0 N–H and O–H groups in total. The van der Waals surface area contributed by atoms with Crippen molar-refractivity contribution in [2.45, 2.75) is 20.0 Å². The summed E-state index contributed by atoms with van der Waals surface area (Å²) in [5, 5.41) is 8.84. The van der Waals surface area contributed by atoms with Crippen molar-refractivity contribution in [1.29, 1.82) is 5.26 Å². The number of hydrogen-bond donors (Lipinski definition) is 0. The number of nitrogens with zero attached hydrogens (tertiary/aromatic N) is 3. The molecule has 2 aromatic rings. The van der Waals surface area contributed by atoms with Crippen LogP contribution in [0.15, 0.2) is 42.6 Å². The van der Waals surface area contributed by atoms with E-state index in [1.165, 1.54) is 11.1 Å². The van der Waals surface area contributed by atoms with Gasteiger partial charge in [-0.3, -0.25) is 4.90 Å². The smallest absolute Gasteiger partial charge is 0.140 e. The highest BCUT2D eigenvalue weighted by atomic mass is 15.1. The van der Waals surface area contributed by atoms with Crippen molar-refractivity contribution in [3.8, 4) is 6.07 Å². The van der Waals surface area contributed by atoms with E-state index in [1.54, 1.807) is 6.20 Å². The highest BCUT2D eigenvalue weighted by Gasteiger charge is 2.04. The molecule has 0 saturated heterocycles. The number of hydrogen-bond acceptors (Lipinski definition) is 3. The minimum absolute atomic E-state index is 0.474. The van der Waals surface area contributed by atoms with Crippen molar-refractivity contribution in [3.05, 3.63) is 65.0 Å². The summed E-state index contributed by atoms with van der Waals surface area (Å²) in [7, 11) is 2.08. The lowest BCUT2D eigenvalue weighted by Gasteiger charge is -2.18. The zero-order valence-electron chi connectivity index (χ0n) is 11.3. The molecule has 0 atom stereocenters. The van der Waals surface area contributed by atoms with Gasteiger partial charge in [0.25, 0.3) is 0 Å². The summed E-state index contributed by atoms with van der Waals surface area (Å²) in [5.74, 6) is 0. The van der Waals surface area contributed by atoms with E-state index in [4.69, 9.17) is 5.26 Å². The highest BCUT2D eigenvalue weighted by molar-refractivity contribution is 5.27. The number of benzene rings is 1. The molecule has 0 unspecified atom stereocenters. The first-order valence-electron chi connectivity index (χ1n) is 6.27. The van der Waals surface area contributed by atoms with E-state index >= 15 is 0 Å². The Morgan fingerprint density at radius 3 is 2.74 bits per heavy atom. The summed E-state index contributed by atoms with van der Waals surface area (Å²) >= 11 is 0. The van der Waals surface area contributed by atoms with Gasteiger partial charge in [-0.2, -0.15) is 5.26 Å². The fraction of sp³-hybridized carbons (Fsp3) is 0.250. The summed E-state index contributed by atoms with van der Waals surface area (Å²) in [6.45, 7) is 3.84. The van der Waals surface area contributed by atoms with Crippen LogP contribution in [-0.2, 0) is 13.1 Å². The average molecular weight is 251 g/mol. The van der Waals surface area contributed by atoms with Gasteiger partial charge >= 0.3 is 0 Å². The Balaban J connectivity index is 2.03. The summed E-state index contributed by atoms with van der Waals surface area (Å²) in [6, 6.07) is 14.3. The monoisotopic (exact) mass is 251 g/mol. The lowest BCUT2D eigenvalue weighted by molar-refractivity contribution is 0.318. The molecule has 3 heteroatoms. The molecule has 0 aliphatic rings. The van der Waals surface area contributed by atoms with E-state index in [2.05, 4.69) is 54.2 Å². The predicted octanol–water partition coefficient (Wildman–Crippen LogP) is 2.89. The van der Waals surface area contributed by atoms with Gasteiger partial charge in [-0.15, -0.1) is 0 Å². The Morgan fingerprint density at radius 1 is 1.21 bits per heavy atom. The first-order valence-corrected chi connectivity index (χ1v) is 6.27. The highest BCUT2D eigenvalue weighted by Crippen LogP contribution is 2.12. The first kappa shape index (κ1) is 13.3.